The van der Waals surface area contributed by atoms with E-state index in [2.05, 4.69) is 10.6 Å². The second kappa shape index (κ2) is 8.29. The first-order valence-electron chi connectivity index (χ1n) is 6.90. The molecule has 2 aromatic rings. The first kappa shape index (κ1) is 17.7. The van der Waals surface area contributed by atoms with Gasteiger partial charge in [0.15, 0.2) is 0 Å². The summed E-state index contributed by atoms with van der Waals surface area (Å²) >= 11 is 7.62. The van der Waals surface area contributed by atoms with Crippen LogP contribution in [0, 0.1) is 11.3 Å². The fraction of sp³-hybridized carbons (Fsp3) is 0.0588. The number of nitrogens with one attached hydrogen (secondary N) is 2. The molecule has 0 radical (unpaired) electrons. The fourth-order valence-corrected chi connectivity index (χ4v) is 2.54. The van der Waals surface area contributed by atoms with Gasteiger partial charge in [0.1, 0.15) is 11.6 Å². The van der Waals surface area contributed by atoms with E-state index in [1.54, 1.807) is 23.9 Å². The Kier molecular flexibility index (Phi) is 6.13. The smallest absolute Gasteiger partial charge is 0.267 e. The topological polar surface area (TPSA) is 90.9 Å². The number of nitriles is 1. The summed E-state index contributed by atoms with van der Waals surface area (Å²) in [6.07, 6.45) is 3.33. The van der Waals surface area contributed by atoms with E-state index in [1.165, 1.54) is 12.3 Å². The Morgan fingerprint density at radius 1 is 1.33 bits per heavy atom. The third-order valence-corrected chi connectivity index (χ3v) is 4.10. The van der Waals surface area contributed by atoms with Crippen molar-refractivity contribution >= 4 is 46.3 Å². The standard InChI is InChI=1S/C17H15ClN4OS/c1-24-14-4-2-3-13(8-14)21-10-11(9-19)17(23)22-16-6-5-12(20)7-15(16)18/h2-8,10,21H,20H2,1H3,(H,22,23)/b11-10-. The van der Waals surface area contributed by atoms with Gasteiger partial charge in [0.2, 0.25) is 0 Å². The summed E-state index contributed by atoms with van der Waals surface area (Å²) in [5.74, 6) is -0.558. The monoisotopic (exact) mass is 358 g/mol. The molecule has 0 saturated carbocycles. The van der Waals surface area contributed by atoms with Gasteiger partial charge in [-0.3, -0.25) is 4.79 Å². The van der Waals surface area contributed by atoms with E-state index < -0.39 is 5.91 Å². The van der Waals surface area contributed by atoms with Gasteiger partial charge >= 0.3 is 0 Å². The summed E-state index contributed by atoms with van der Waals surface area (Å²) in [5, 5.41) is 15.0. The Morgan fingerprint density at radius 3 is 2.79 bits per heavy atom. The van der Waals surface area contributed by atoms with Crippen molar-refractivity contribution in [3.8, 4) is 6.07 Å². The zero-order chi connectivity index (χ0) is 17.5. The van der Waals surface area contributed by atoms with Crippen LogP contribution in [0.5, 0.6) is 0 Å². The van der Waals surface area contributed by atoms with Gasteiger partial charge in [-0.15, -0.1) is 11.8 Å². The van der Waals surface area contributed by atoms with Crippen molar-refractivity contribution in [2.24, 2.45) is 0 Å². The van der Waals surface area contributed by atoms with Crippen LogP contribution in [-0.4, -0.2) is 12.2 Å². The van der Waals surface area contributed by atoms with Crippen molar-refractivity contribution in [3.63, 3.8) is 0 Å². The van der Waals surface area contributed by atoms with Crippen LogP contribution in [0.2, 0.25) is 5.02 Å². The number of nitrogen functional groups attached to an aromatic ring is 1. The van der Waals surface area contributed by atoms with Crippen LogP contribution >= 0.6 is 23.4 Å². The molecule has 1 amide bonds. The molecule has 2 aromatic carbocycles. The molecule has 122 valence electrons. The predicted octanol–water partition coefficient (Wildman–Crippen LogP) is 4.10. The van der Waals surface area contributed by atoms with Gasteiger partial charge < -0.3 is 16.4 Å². The number of carbonyl (C=O) groups is 1. The number of hydrogen-bond donors (Lipinski definition) is 3. The van der Waals surface area contributed by atoms with Gasteiger partial charge in [0.05, 0.1) is 10.7 Å². The number of benzene rings is 2. The van der Waals surface area contributed by atoms with Crippen LogP contribution in [0.4, 0.5) is 17.1 Å². The van der Waals surface area contributed by atoms with E-state index >= 15 is 0 Å². The van der Waals surface area contributed by atoms with Gasteiger partial charge in [-0.25, -0.2) is 0 Å². The number of carbonyl (C=O) groups excluding carboxylic acids is 1. The molecule has 0 aliphatic carbocycles. The minimum Gasteiger partial charge on any atom is -0.399 e. The maximum atomic E-state index is 12.2. The van der Waals surface area contributed by atoms with E-state index in [0.717, 1.165) is 10.6 Å². The number of thioether (sulfide) groups is 1. The maximum absolute atomic E-state index is 12.2. The number of nitrogens with two attached hydrogens (primary N) is 1. The Morgan fingerprint density at radius 2 is 2.12 bits per heavy atom. The van der Waals surface area contributed by atoms with Crippen molar-refractivity contribution in [2.45, 2.75) is 4.90 Å². The van der Waals surface area contributed by atoms with Crippen LogP contribution in [0.3, 0.4) is 0 Å². The van der Waals surface area contributed by atoms with Crippen molar-refractivity contribution in [1.82, 2.24) is 0 Å². The zero-order valence-corrected chi connectivity index (χ0v) is 14.4. The van der Waals surface area contributed by atoms with Crippen molar-refractivity contribution in [1.29, 1.82) is 5.26 Å². The second-order valence-corrected chi connectivity index (χ2v) is 6.03. The van der Waals surface area contributed by atoms with Gasteiger partial charge in [0.25, 0.3) is 5.91 Å². The molecule has 0 atom stereocenters. The Balaban J connectivity index is 2.12. The lowest BCUT2D eigenvalue weighted by Crippen LogP contribution is -2.15. The minimum absolute atomic E-state index is 0.0718. The number of halogens is 1. The van der Waals surface area contributed by atoms with Crippen LogP contribution in [0.25, 0.3) is 0 Å². The van der Waals surface area contributed by atoms with Crippen LogP contribution in [-0.2, 0) is 4.79 Å². The summed E-state index contributed by atoms with van der Waals surface area (Å²) in [6.45, 7) is 0. The highest BCUT2D eigenvalue weighted by Crippen LogP contribution is 2.24. The van der Waals surface area contributed by atoms with Gasteiger partial charge in [-0.2, -0.15) is 5.26 Å². The lowest BCUT2D eigenvalue weighted by molar-refractivity contribution is -0.112. The largest absolute Gasteiger partial charge is 0.399 e. The van der Waals surface area contributed by atoms with Crippen LogP contribution < -0.4 is 16.4 Å². The average Bonchev–Trinajstić information content (AvgIpc) is 2.58. The number of amides is 1. The Bertz CT molecular complexity index is 830. The molecular weight excluding hydrogens is 344 g/mol. The lowest BCUT2D eigenvalue weighted by atomic mass is 10.2. The number of nitrogens with zero attached hydrogens (tertiary/aromatic N) is 1. The molecule has 0 fully saturated rings. The third-order valence-electron chi connectivity index (χ3n) is 3.06. The highest BCUT2D eigenvalue weighted by atomic mass is 35.5. The third kappa shape index (κ3) is 4.69. The first-order chi connectivity index (χ1) is 11.5. The summed E-state index contributed by atoms with van der Waals surface area (Å²) in [5.41, 5.74) is 7.20. The Hall–Kier alpha value is -2.62. The van der Waals surface area contributed by atoms with Crippen molar-refractivity contribution < 1.29 is 4.79 Å². The van der Waals surface area contributed by atoms with Crippen LogP contribution in [0.15, 0.2) is 59.1 Å². The van der Waals surface area contributed by atoms with E-state index in [4.69, 9.17) is 17.3 Å². The number of rotatable bonds is 5. The quantitative estimate of drug-likeness (QED) is 0.324. The van der Waals surface area contributed by atoms with Crippen molar-refractivity contribution in [2.75, 3.05) is 22.6 Å². The number of hydrogen-bond acceptors (Lipinski definition) is 5. The van der Waals surface area contributed by atoms with E-state index in [-0.39, 0.29) is 5.57 Å². The zero-order valence-electron chi connectivity index (χ0n) is 12.8. The molecule has 7 heteroatoms. The molecule has 0 unspecified atom stereocenters. The first-order valence-corrected chi connectivity index (χ1v) is 8.51. The number of anilines is 3. The van der Waals surface area contributed by atoms with E-state index in [1.807, 2.05) is 36.6 Å². The summed E-state index contributed by atoms with van der Waals surface area (Å²) in [6, 6.07) is 14.2. The summed E-state index contributed by atoms with van der Waals surface area (Å²) in [4.78, 5) is 13.3. The molecule has 4 N–H and O–H groups in total. The molecule has 0 spiro atoms. The molecule has 0 bridgehead atoms. The molecular formula is C17H15ClN4OS. The highest BCUT2D eigenvalue weighted by Gasteiger charge is 2.11. The van der Waals surface area contributed by atoms with Crippen molar-refractivity contribution in [3.05, 3.63) is 59.3 Å². The van der Waals surface area contributed by atoms with Crippen LogP contribution in [0.1, 0.15) is 0 Å². The molecule has 24 heavy (non-hydrogen) atoms. The summed E-state index contributed by atoms with van der Waals surface area (Å²) < 4.78 is 0. The lowest BCUT2D eigenvalue weighted by Gasteiger charge is -2.08. The average molecular weight is 359 g/mol. The molecule has 5 nitrogen and oxygen atoms in total. The molecule has 0 aromatic heterocycles. The molecule has 0 aliphatic rings. The minimum atomic E-state index is -0.558. The molecule has 0 heterocycles. The Labute approximate surface area is 149 Å². The van der Waals surface area contributed by atoms with Gasteiger partial charge in [-0.05, 0) is 42.7 Å². The van der Waals surface area contributed by atoms with Gasteiger partial charge in [0, 0.05) is 22.5 Å². The van der Waals surface area contributed by atoms with E-state index in [9.17, 15) is 10.1 Å². The second-order valence-electron chi connectivity index (χ2n) is 4.74. The molecule has 0 aliphatic heterocycles. The SMILES string of the molecule is CSc1cccc(N/C=C(/C#N)C(=O)Nc2ccc(N)cc2Cl)c1. The maximum Gasteiger partial charge on any atom is 0.267 e. The fourth-order valence-electron chi connectivity index (χ4n) is 1.84. The normalized spacial score (nSPS) is 10.8. The van der Waals surface area contributed by atoms with Gasteiger partial charge in [-0.1, -0.05) is 17.7 Å². The summed E-state index contributed by atoms with van der Waals surface area (Å²) in [7, 11) is 0. The predicted molar refractivity (Wildman–Crippen MR) is 100 cm³/mol. The molecule has 2 rings (SSSR count). The highest BCUT2D eigenvalue weighted by molar-refractivity contribution is 7.98. The molecule has 0 saturated heterocycles. The van der Waals surface area contributed by atoms with E-state index in [0.29, 0.717) is 16.4 Å².